The number of halogens is 2. The van der Waals surface area contributed by atoms with Crippen molar-refractivity contribution in [3.8, 4) is 11.5 Å². The minimum atomic E-state index is -0.918. The first-order valence-electron chi connectivity index (χ1n) is 6.21. The van der Waals surface area contributed by atoms with E-state index in [2.05, 4.69) is 0 Å². The molecule has 0 amide bonds. The Hall–Kier alpha value is -2.30. The van der Waals surface area contributed by atoms with Gasteiger partial charge in [-0.05, 0) is 24.3 Å². The molecule has 0 spiro atoms. The lowest BCUT2D eigenvalue weighted by atomic mass is 10.3. The fraction of sp³-hybridized carbons (Fsp3) is 0.200. The summed E-state index contributed by atoms with van der Waals surface area (Å²) in [6, 6.07) is 10.6. The second kappa shape index (κ2) is 6.75. The predicted molar refractivity (Wildman–Crippen MR) is 72.8 cm³/mol. The first-order valence-corrected chi connectivity index (χ1v) is 6.21. The fourth-order valence-electron chi connectivity index (χ4n) is 1.61. The monoisotopic (exact) mass is 279 g/mol. The third-order valence-electron chi connectivity index (χ3n) is 2.58. The quantitative estimate of drug-likeness (QED) is 0.651. The molecule has 0 unspecified atom stereocenters. The van der Waals surface area contributed by atoms with Gasteiger partial charge in [0.1, 0.15) is 11.5 Å². The number of nitrogens with two attached hydrogens (primary N) is 1. The molecule has 2 aromatic carbocycles. The Morgan fingerprint density at radius 1 is 0.850 bits per heavy atom. The van der Waals surface area contributed by atoms with Crippen LogP contribution in [-0.4, -0.2) is 13.2 Å². The summed E-state index contributed by atoms with van der Waals surface area (Å²) < 4.78 is 36.4. The van der Waals surface area contributed by atoms with E-state index in [4.69, 9.17) is 15.2 Å². The Morgan fingerprint density at radius 2 is 1.55 bits per heavy atom. The molecule has 0 saturated heterocycles. The van der Waals surface area contributed by atoms with E-state index in [1.807, 2.05) is 12.1 Å². The zero-order valence-corrected chi connectivity index (χ0v) is 10.8. The largest absolute Gasteiger partial charge is 0.493 e. The summed E-state index contributed by atoms with van der Waals surface area (Å²) in [7, 11) is 0. The third-order valence-corrected chi connectivity index (χ3v) is 2.58. The first-order chi connectivity index (χ1) is 9.65. The summed E-state index contributed by atoms with van der Waals surface area (Å²) in [5, 5.41) is 0. The van der Waals surface area contributed by atoms with E-state index < -0.39 is 11.6 Å². The summed E-state index contributed by atoms with van der Waals surface area (Å²) in [6.07, 6.45) is 0.619. The fourth-order valence-corrected chi connectivity index (χ4v) is 1.61. The zero-order valence-electron chi connectivity index (χ0n) is 10.8. The molecule has 0 fully saturated rings. The van der Waals surface area contributed by atoms with E-state index in [-0.39, 0.29) is 0 Å². The van der Waals surface area contributed by atoms with E-state index in [1.54, 1.807) is 12.1 Å². The topological polar surface area (TPSA) is 44.5 Å². The van der Waals surface area contributed by atoms with E-state index in [0.717, 1.165) is 12.1 Å². The molecule has 0 aliphatic rings. The Kier molecular flexibility index (Phi) is 4.76. The highest BCUT2D eigenvalue weighted by molar-refractivity contribution is 5.43. The van der Waals surface area contributed by atoms with Crippen molar-refractivity contribution in [2.75, 3.05) is 18.9 Å². The molecule has 106 valence electrons. The Bertz CT molecular complexity index is 576. The minimum Gasteiger partial charge on any atom is -0.493 e. The highest BCUT2D eigenvalue weighted by Gasteiger charge is 2.03. The molecule has 20 heavy (non-hydrogen) atoms. The molecular formula is C15H15F2NO2. The highest BCUT2D eigenvalue weighted by atomic mass is 19.2. The van der Waals surface area contributed by atoms with Gasteiger partial charge in [-0.25, -0.2) is 8.78 Å². The number of hydrogen-bond acceptors (Lipinski definition) is 3. The van der Waals surface area contributed by atoms with Crippen LogP contribution < -0.4 is 15.2 Å². The lowest BCUT2D eigenvalue weighted by molar-refractivity contribution is 0.246. The van der Waals surface area contributed by atoms with Crippen molar-refractivity contribution in [1.82, 2.24) is 0 Å². The van der Waals surface area contributed by atoms with Crippen LogP contribution in [0.1, 0.15) is 6.42 Å². The summed E-state index contributed by atoms with van der Waals surface area (Å²) in [5.74, 6) is -0.813. The smallest absolute Gasteiger partial charge is 0.162 e. The summed E-state index contributed by atoms with van der Waals surface area (Å²) in [5.41, 5.74) is 6.26. The van der Waals surface area contributed by atoms with Crippen molar-refractivity contribution >= 4 is 5.69 Å². The summed E-state index contributed by atoms with van der Waals surface area (Å²) in [6.45, 7) is 0.806. The molecule has 0 aliphatic carbocycles. The normalized spacial score (nSPS) is 10.3. The van der Waals surface area contributed by atoms with E-state index >= 15 is 0 Å². The van der Waals surface area contributed by atoms with Crippen molar-refractivity contribution in [1.29, 1.82) is 0 Å². The van der Waals surface area contributed by atoms with Crippen LogP contribution in [0.3, 0.4) is 0 Å². The number of ether oxygens (including phenoxy) is 2. The molecule has 0 atom stereocenters. The van der Waals surface area contributed by atoms with Gasteiger partial charge in [-0.2, -0.15) is 0 Å². The van der Waals surface area contributed by atoms with E-state index in [1.165, 1.54) is 6.07 Å². The van der Waals surface area contributed by atoms with Crippen LogP contribution >= 0.6 is 0 Å². The molecule has 0 saturated carbocycles. The van der Waals surface area contributed by atoms with Crippen LogP contribution in [0.15, 0.2) is 42.5 Å². The molecule has 0 aliphatic heterocycles. The molecule has 2 aromatic rings. The average molecular weight is 279 g/mol. The maximum Gasteiger partial charge on any atom is 0.162 e. The molecule has 3 nitrogen and oxygen atoms in total. The summed E-state index contributed by atoms with van der Waals surface area (Å²) in [4.78, 5) is 0. The van der Waals surface area contributed by atoms with Crippen LogP contribution in [-0.2, 0) is 0 Å². The SMILES string of the molecule is Nc1cccc(OCCCOc2ccc(F)c(F)c2)c1. The van der Waals surface area contributed by atoms with Crippen molar-refractivity contribution in [2.45, 2.75) is 6.42 Å². The van der Waals surface area contributed by atoms with Gasteiger partial charge in [0.25, 0.3) is 0 Å². The third kappa shape index (κ3) is 4.12. The number of anilines is 1. The van der Waals surface area contributed by atoms with Crippen molar-refractivity contribution in [2.24, 2.45) is 0 Å². The Labute approximate surface area is 115 Å². The highest BCUT2D eigenvalue weighted by Crippen LogP contribution is 2.16. The molecule has 0 radical (unpaired) electrons. The van der Waals surface area contributed by atoms with Crippen LogP contribution in [0.2, 0.25) is 0 Å². The van der Waals surface area contributed by atoms with Crippen LogP contribution in [0.5, 0.6) is 11.5 Å². The van der Waals surface area contributed by atoms with Crippen LogP contribution in [0.25, 0.3) is 0 Å². The number of hydrogen-bond donors (Lipinski definition) is 1. The molecular weight excluding hydrogens is 264 g/mol. The zero-order chi connectivity index (χ0) is 14.4. The van der Waals surface area contributed by atoms with Gasteiger partial charge in [-0.3, -0.25) is 0 Å². The van der Waals surface area contributed by atoms with Gasteiger partial charge in [-0.1, -0.05) is 6.07 Å². The van der Waals surface area contributed by atoms with Crippen molar-refractivity contribution in [3.05, 3.63) is 54.1 Å². The predicted octanol–water partition coefficient (Wildman–Crippen LogP) is 3.39. The van der Waals surface area contributed by atoms with Gasteiger partial charge in [0.2, 0.25) is 0 Å². The second-order valence-electron chi connectivity index (χ2n) is 4.20. The second-order valence-corrected chi connectivity index (χ2v) is 4.20. The number of nitrogen functional groups attached to an aromatic ring is 1. The van der Waals surface area contributed by atoms with Gasteiger partial charge in [-0.15, -0.1) is 0 Å². The molecule has 5 heteroatoms. The maximum atomic E-state index is 12.9. The molecule has 0 aromatic heterocycles. The average Bonchev–Trinajstić information content (AvgIpc) is 2.42. The molecule has 2 N–H and O–H groups in total. The Balaban J connectivity index is 1.70. The van der Waals surface area contributed by atoms with E-state index in [0.29, 0.717) is 36.8 Å². The van der Waals surface area contributed by atoms with Gasteiger partial charge in [0, 0.05) is 24.2 Å². The van der Waals surface area contributed by atoms with Gasteiger partial charge in [0.05, 0.1) is 13.2 Å². The molecule has 0 bridgehead atoms. The first kappa shape index (κ1) is 14.1. The number of rotatable bonds is 6. The van der Waals surface area contributed by atoms with Crippen molar-refractivity contribution < 1.29 is 18.3 Å². The maximum absolute atomic E-state index is 12.9. The molecule has 2 rings (SSSR count). The number of benzene rings is 2. The standard InChI is InChI=1S/C15H15F2NO2/c16-14-6-5-13(10-15(14)17)20-8-2-7-19-12-4-1-3-11(18)9-12/h1,3-6,9-10H,2,7-8,18H2. The Morgan fingerprint density at radius 3 is 2.20 bits per heavy atom. The van der Waals surface area contributed by atoms with Gasteiger partial charge in [0.15, 0.2) is 11.6 Å². The van der Waals surface area contributed by atoms with Crippen molar-refractivity contribution in [3.63, 3.8) is 0 Å². The van der Waals surface area contributed by atoms with Crippen LogP contribution in [0, 0.1) is 11.6 Å². The van der Waals surface area contributed by atoms with E-state index in [9.17, 15) is 8.78 Å². The van der Waals surface area contributed by atoms with Gasteiger partial charge >= 0.3 is 0 Å². The molecule has 0 heterocycles. The lowest BCUT2D eigenvalue weighted by Crippen LogP contribution is -2.05. The van der Waals surface area contributed by atoms with Gasteiger partial charge < -0.3 is 15.2 Å². The lowest BCUT2D eigenvalue weighted by Gasteiger charge is -2.08. The summed E-state index contributed by atoms with van der Waals surface area (Å²) >= 11 is 0. The minimum absolute atomic E-state index is 0.299. The van der Waals surface area contributed by atoms with Crippen LogP contribution in [0.4, 0.5) is 14.5 Å².